The van der Waals surface area contributed by atoms with Crippen molar-refractivity contribution in [2.75, 3.05) is 13.6 Å². The number of halogens is 1. The van der Waals surface area contributed by atoms with E-state index in [0.717, 1.165) is 12.8 Å². The molecule has 1 aliphatic carbocycles. The third-order valence-electron chi connectivity index (χ3n) is 2.84. The summed E-state index contributed by atoms with van der Waals surface area (Å²) in [5.41, 5.74) is 5.82. The van der Waals surface area contributed by atoms with Gasteiger partial charge in [0.1, 0.15) is 0 Å². The minimum absolute atomic E-state index is 0. The number of nitrogens with two attached hydrogens (primary N) is 1. The Morgan fingerprint density at radius 1 is 1.44 bits per heavy atom. The smallest absolute Gasteiger partial charge is 0.279 e. The van der Waals surface area contributed by atoms with Gasteiger partial charge in [0.25, 0.3) is 10.2 Å². The lowest BCUT2D eigenvalue weighted by Crippen LogP contribution is -2.46. The van der Waals surface area contributed by atoms with E-state index in [1.807, 2.05) is 13.8 Å². The van der Waals surface area contributed by atoms with Gasteiger partial charge in [-0.15, -0.1) is 12.4 Å². The topological polar surface area (TPSA) is 75.4 Å². The van der Waals surface area contributed by atoms with Crippen LogP contribution < -0.4 is 10.5 Å². The molecule has 1 rings (SSSR count). The summed E-state index contributed by atoms with van der Waals surface area (Å²) < 4.78 is 27.2. The molecule has 16 heavy (non-hydrogen) atoms. The zero-order valence-electron chi connectivity index (χ0n) is 10.0. The van der Waals surface area contributed by atoms with E-state index in [2.05, 4.69) is 4.72 Å². The van der Waals surface area contributed by atoms with Crippen LogP contribution in [0.15, 0.2) is 0 Å². The van der Waals surface area contributed by atoms with Crippen LogP contribution in [-0.2, 0) is 10.2 Å². The van der Waals surface area contributed by atoms with Gasteiger partial charge >= 0.3 is 0 Å². The van der Waals surface area contributed by atoms with Crippen LogP contribution in [0.5, 0.6) is 0 Å². The van der Waals surface area contributed by atoms with Crippen LogP contribution in [0.2, 0.25) is 0 Å². The van der Waals surface area contributed by atoms with Gasteiger partial charge in [-0.3, -0.25) is 0 Å². The van der Waals surface area contributed by atoms with Crippen LogP contribution in [0.4, 0.5) is 0 Å². The first-order chi connectivity index (χ1) is 6.84. The molecule has 0 aliphatic heterocycles. The first kappa shape index (κ1) is 16.1. The zero-order chi connectivity index (χ0) is 11.6. The van der Waals surface area contributed by atoms with E-state index in [-0.39, 0.29) is 24.5 Å². The molecule has 7 heteroatoms. The fourth-order valence-corrected chi connectivity index (χ4v) is 2.43. The van der Waals surface area contributed by atoms with Gasteiger partial charge in [0, 0.05) is 25.7 Å². The van der Waals surface area contributed by atoms with Gasteiger partial charge in [0.05, 0.1) is 0 Å². The van der Waals surface area contributed by atoms with E-state index in [1.165, 1.54) is 4.31 Å². The molecule has 0 radical (unpaired) electrons. The maximum atomic E-state index is 11.7. The molecule has 0 aromatic carbocycles. The van der Waals surface area contributed by atoms with Crippen LogP contribution in [0, 0.1) is 5.92 Å². The highest BCUT2D eigenvalue weighted by atomic mass is 35.5. The maximum Gasteiger partial charge on any atom is 0.279 e. The first-order valence-electron chi connectivity index (χ1n) is 5.33. The normalized spacial score (nSPS) is 18.6. The van der Waals surface area contributed by atoms with Gasteiger partial charge < -0.3 is 5.73 Å². The molecule has 0 amide bonds. The molecule has 0 spiro atoms. The highest BCUT2D eigenvalue weighted by Gasteiger charge is 2.30. The molecule has 0 heterocycles. The molecule has 3 N–H and O–H groups in total. The van der Waals surface area contributed by atoms with Crippen molar-refractivity contribution in [1.82, 2.24) is 9.03 Å². The second-order valence-electron chi connectivity index (χ2n) is 4.46. The largest absolute Gasteiger partial charge is 0.326 e. The van der Waals surface area contributed by atoms with Crippen molar-refractivity contribution in [3.63, 3.8) is 0 Å². The summed E-state index contributed by atoms with van der Waals surface area (Å²) in [6, 6.07) is -0.0833. The molecule has 1 aliphatic rings. The summed E-state index contributed by atoms with van der Waals surface area (Å²) in [6.45, 7) is 4.00. The number of nitrogens with one attached hydrogen (secondary N) is 1. The molecule has 98 valence electrons. The summed E-state index contributed by atoms with van der Waals surface area (Å²) in [5, 5.41) is 0. The van der Waals surface area contributed by atoms with Gasteiger partial charge in [-0.25, -0.2) is 4.72 Å². The summed E-state index contributed by atoms with van der Waals surface area (Å²) >= 11 is 0. The molecule has 0 aromatic heterocycles. The fourth-order valence-electron chi connectivity index (χ4n) is 1.27. The maximum absolute atomic E-state index is 11.7. The van der Waals surface area contributed by atoms with E-state index >= 15 is 0 Å². The van der Waals surface area contributed by atoms with E-state index in [4.69, 9.17) is 5.73 Å². The standard InChI is InChI=1S/C9H21N3O2S.ClH/c1-7(2)12(3)15(13,14)11-6-9(10)8-4-5-8;/h7-9,11H,4-6,10H2,1-3H3;1H. The third-order valence-corrected chi connectivity index (χ3v) is 4.55. The first-order valence-corrected chi connectivity index (χ1v) is 6.77. The zero-order valence-corrected chi connectivity index (χ0v) is 11.6. The molecule has 1 unspecified atom stereocenters. The summed E-state index contributed by atoms with van der Waals surface area (Å²) in [7, 11) is -1.79. The number of hydrogen-bond acceptors (Lipinski definition) is 3. The Balaban J connectivity index is 0.00000225. The van der Waals surface area contributed by atoms with Crippen molar-refractivity contribution in [3.05, 3.63) is 0 Å². The van der Waals surface area contributed by atoms with Gasteiger partial charge in [-0.2, -0.15) is 12.7 Å². The number of nitrogens with zero attached hydrogens (tertiary/aromatic N) is 1. The van der Waals surface area contributed by atoms with Crippen molar-refractivity contribution < 1.29 is 8.42 Å². The van der Waals surface area contributed by atoms with Crippen LogP contribution >= 0.6 is 12.4 Å². The second kappa shape index (κ2) is 6.16. The van der Waals surface area contributed by atoms with Crippen LogP contribution in [0.3, 0.4) is 0 Å². The fraction of sp³-hybridized carbons (Fsp3) is 1.00. The van der Waals surface area contributed by atoms with E-state index < -0.39 is 10.2 Å². The van der Waals surface area contributed by atoms with Gasteiger partial charge in [-0.05, 0) is 32.6 Å². The van der Waals surface area contributed by atoms with Gasteiger partial charge in [0.2, 0.25) is 0 Å². The Morgan fingerprint density at radius 2 is 1.94 bits per heavy atom. The SMILES string of the molecule is CC(C)N(C)S(=O)(=O)NCC(N)C1CC1.Cl. The Morgan fingerprint density at radius 3 is 2.31 bits per heavy atom. The van der Waals surface area contributed by atoms with Crippen molar-refractivity contribution in [2.24, 2.45) is 11.7 Å². The predicted octanol–water partition coefficient (Wildman–Crippen LogP) is 0.320. The van der Waals surface area contributed by atoms with Gasteiger partial charge in [0.15, 0.2) is 0 Å². The van der Waals surface area contributed by atoms with Crippen LogP contribution in [0.1, 0.15) is 26.7 Å². The average molecular weight is 272 g/mol. The molecule has 1 atom stereocenters. The molecular formula is C9H22ClN3O2S. The average Bonchev–Trinajstić information content (AvgIpc) is 2.96. The lowest BCUT2D eigenvalue weighted by atomic mass is 10.2. The molecule has 0 saturated heterocycles. The minimum atomic E-state index is -3.36. The molecule has 0 bridgehead atoms. The summed E-state index contributed by atoms with van der Waals surface area (Å²) in [6.07, 6.45) is 2.26. The number of rotatable bonds is 6. The second-order valence-corrected chi connectivity index (χ2v) is 6.28. The highest BCUT2D eigenvalue weighted by molar-refractivity contribution is 7.87. The van der Waals surface area contributed by atoms with E-state index in [0.29, 0.717) is 12.5 Å². The van der Waals surface area contributed by atoms with Crippen molar-refractivity contribution in [2.45, 2.75) is 38.8 Å². The highest BCUT2D eigenvalue weighted by Crippen LogP contribution is 2.31. The summed E-state index contributed by atoms with van der Waals surface area (Å²) in [5.74, 6) is 0.511. The quantitative estimate of drug-likeness (QED) is 0.731. The minimum Gasteiger partial charge on any atom is -0.326 e. The molecule has 1 saturated carbocycles. The third kappa shape index (κ3) is 4.55. The molecular weight excluding hydrogens is 250 g/mol. The predicted molar refractivity (Wildman–Crippen MR) is 67.8 cm³/mol. The lowest BCUT2D eigenvalue weighted by molar-refractivity contribution is 0.399. The van der Waals surface area contributed by atoms with Gasteiger partial charge in [-0.1, -0.05) is 0 Å². The lowest BCUT2D eigenvalue weighted by Gasteiger charge is -2.22. The van der Waals surface area contributed by atoms with E-state index in [9.17, 15) is 8.42 Å². The molecule has 0 aromatic rings. The van der Waals surface area contributed by atoms with Crippen molar-refractivity contribution >= 4 is 22.6 Å². The Labute approximate surface area is 104 Å². The number of hydrogen-bond donors (Lipinski definition) is 2. The van der Waals surface area contributed by atoms with Crippen molar-refractivity contribution in [3.8, 4) is 0 Å². The summed E-state index contributed by atoms with van der Waals surface area (Å²) in [4.78, 5) is 0. The van der Waals surface area contributed by atoms with Crippen molar-refractivity contribution in [1.29, 1.82) is 0 Å². The van der Waals surface area contributed by atoms with Crippen LogP contribution in [0.25, 0.3) is 0 Å². The Kier molecular flexibility index (Phi) is 6.21. The Hall–Kier alpha value is 0.120. The monoisotopic (exact) mass is 271 g/mol. The molecule has 5 nitrogen and oxygen atoms in total. The van der Waals surface area contributed by atoms with E-state index in [1.54, 1.807) is 7.05 Å². The van der Waals surface area contributed by atoms with Crippen LogP contribution in [-0.4, -0.2) is 38.4 Å². The Bertz CT molecular complexity index is 304. The molecule has 1 fully saturated rings.